The predicted octanol–water partition coefficient (Wildman–Crippen LogP) is 4.54. The van der Waals surface area contributed by atoms with Crippen molar-refractivity contribution < 1.29 is 4.79 Å². The lowest BCUT2D eigenvalue weighted by molar-refractivity contribution is -0.131. The molecule has 2 aromatic carbocycles. The molecule has 3 aliphatic rings. The summed E-state index contributed by atoms with van der Waals surface area (Å²) in [6.07, 6.45) is 7.32. The van der Waals surface area contributed by atoms with Crippen LogP contribution in [-0.4, -0.2) is 5.78 Å². The molecule has 1 fully saturated rings. The second-order valence-electron chi connectivity index (χ2n) is 7.53. The number of carbonyl (C=O) groups excluding carboxylic acids is 1. The van der Waals surface area contributed by atoms with E-state index in [9.17, 15) is 4.79 Å². The Balaban J connectivity index is 1.67. The van der Waals surface area contributed by atoms with E-state index < -0.39 is 0 Å². The molecule has 1 saturated carbocycles. The van der Waals surface area contributed by atoms with Gasteiger partial charge in [0.2, 0.25) is 0 Å². The molecular weight excluding hydrogens is 268 g/mol. The zero-order valence-corrected chi connectivity index (χ0v) is 13.0. The van der Waals surface area contributed by atoms with E-state index in [-0.39, 0.29) is 5.41 Å². The summed E-state index contributed by atoms with van der Waals surface area (Å²) in [5, 5.41) is 2.63. The van der Waals surface area contributed by atoms with Gasteiger partial charge in [-0.15, -0.1) is 0 Å². The van der Waals surface area contributed by atoms with Crippen molar-refractivity contribution in [2.45, 2.75) is 39.0 Å². The number of benzene rings is 2. The van der Waals surface area contributed by atoms with Crippen molar-refractivity contribution in [3.63, 3.8) is 0 Å². The molecule has 22 heavy (non-hydrogen) atoms. The molecule has 110 valence electrons. The van der Waals surface area contributed by atoms with Crippen molar-refractivity contribution in [3.8, 4) is 0 Å². The van der Waals surface area contributed by atoms with Crippen molar-refractivity contribution in [2.75, 3.05) is 0 Å². The van der Waals surface area contributed by atoms with Crippen molar-refractivity contribution >= 4 is 16.6 Å². The zero-order valence-electron chi connectivity index (χ0n) is 13.0. The van der Waals surface area contributed by atoms with Crippen LogP contribution in [0.5, 0.6) is 0 Å². The zero-order chi connectivity index (χ0) is 14.9. The van der Waals surface area contributed by atoms with E-state index in [0.29, 0.717) is 18.1 Å². The molecule has 2 aromatic rings. The van der Waals surface area contributed by atoms with Crippen molar-refractivity contribution in [1.29, 1.82) is 0 Å². The van der Waals surface area contributed by atoms with Gasteiger partial charge in [-0.2, -0.15) is 0 Å². The SMILES string of the molecule is Cc1cccc2cc3c(cc12)CC(=O)C1(CC2=CCC1C2)C3. The first-order valence-corrected chi connectivity index (χ1v) is 8.38. The number of ketones is 1. The van der Waals surface area contributed by atoms with Crippen LogP contribution >= 0.6 is 0 Å². The maximum absolute atomic E-state index is 13.0. The molecule has 1 nitrogen and oxygen atoms in total. The fourth-order valence-corrected chi connectivity index (χ4v) is 5.13. The summed E-state index contributed by atoms with van der Waals surface area (Å²) in [6, 6.07) is 11.1. The summed E-state index contributed by atoms with van der Waals surface area (Å²) in [4.78, 5) is 13.0. The summed E-state index contributed by atoms with van der Waals surface area (Å²) in [5.74, 6) is 1.08. The Hall–Kier alpha value is -1.89. The Labute approximate surface area is 131 Å². The highest BCUT2D eigenvalue weighted by molar-refractivity contribution is 5.94. The molecule has 1 heteroatoms. The van der Waals surface area contributed by atoms with Crippen LogP contribution in [-0.2, 0) is 17.6 Å². The minimum Gasteiger partial charge on any atom is -0.299 e. The van der Waals surface area contributed by atoms with E-state index in [1.165, 1.54) is 33.9 Å². The smallest absolute Gasteiger partial charge is 0.144 e. The van der Waals surface area contributed by atoms with Crippen LogP contribution in [0.3, 0.4) is 0 Å². The van der Waals surface area contributed by atoms with Gasteiger partial charge in [-0.05, 0) is 66.0 Å². The van der Waals surface area contributed by atoms with Crippen LogP contribution in [0.15, 0.2) is 42.0 Å². The van der Waals surface area contributed by atoms with Crippen LogP contribution in [0.1, 0.15) is 36.0 Å². The average Bonchev–Trinajstić information content (AvgIpc) is 3.09. The summed E-state index contributed by atoms with van der Waals surface area (Å²) >= 11 is 0. The molecule has 0 N–H and O–H groups in total. The average molecular weight is 288 g/mol. The van der Waals surface area contributed by atoms with Crippen LogP contribution in [0.4, 0.5) is 0 Å². The predicted molar refractivity (Wildman–Crippen MR) is 89.0 cm³/mol. The van der Waals surface area contributed by atoms with Gasteiger partial charge < -0.3 is 0 Å². The largest absolute Gasteiger partial charge is 0.299 e. The number of aryl methyl sites for hydroxylation is 1. The third-order valence-electron chi connectivity index (χ3n) is 6.35. The van der Waals surface area contributed by atoms with E-state index in [1.54, 1.807) is 5.57 Å². The molecule has 0 aliphatic heterocycles. The summed E-state index contributed by atoms with van der Waals surface area (Å²) in [6.45, 7) is 2.16. The quantitative estimate of drug-likeness (QED) is 0.650. The Bertz CT molecular complexity index is 858. The van der Waals surface area contributed by atoms with Gasteiger partial charge in [-0.25, -0.2) is 0 Å². The lowest BCUT2D eigenvalue weighted by Gasteiger charge is -2.39. The van der Waals surface area contributed by atoms with Crippen molar-refractivity contribution in [2.24, 2.45) is 11.3 Å². The van der Waals surface area contributed by atoms with Crippen LogP contribution in [0.2, 0.25) is 0 Å². The van der Waals surface area contributed by atoms with Gasteiger partial charge in [0, 0.05) is 11.8 Å². The van der Waals surface area contributed by atoms with Gasteiger partial charge >= 0.3 is 0 Å². The van der Waals surface area contributed by atoms with E-state index in [2.05, 4.69) is 43.3 Å². The van der Waals surface area contributed by atoms with Crippen molar-refractivity contribution in [3.05, 3.63) is 58.7 Å². The standard InChI is InChI=1S/C21H20O/c1-13-3-2-4-15-8-17-12-21(11-14-5-6-18(21)7-14)20(22)10-16(17)9-19(13)15/h2-5,8-9,18H,6-7,10-12H2,1H3. The maximum Gasteiger partial charge on any atom is 0.144 e. The van der Waals surface area contributed by atoms with Gasteiger partial charge in [-0.1, -0.05) is 42.0 Å². The first-order valence-electron chi connectivity index (χ1n) is 8.38. The second-order valence-corrected chi connectivity index (χ2v) is 7.53. The molecule has 2 bridgehead atoms. The number of allylic oxidation sites excluding steroid dienone is 2. The van der Waals surface area contributed by atoms with Crippen molar-refractivity contribution in [1.82, 2.24) is 0 Å². The number of carbonyl (C=O) groups is 1. The van der Waals surface area contributed by atoms with Gasteiger partial charge in [0.15, 0.2) is 0 Å². The summed E-state index contributed by atoms with van der Waals surface area (Å²) in [7, 11) is 0. The van der Waals surface area contributed by atoms with Gasteiger partial charge in [0.1, 0.15) is 5.78 Å². The lowest BCUT2D eigenvalue weighted by atomic mass is 9.63. The lowest BCUT2D eigenvalue weighted by Crippen LogP contribution is -2.42. The molecule has 2 atom stereocenters. The molecule has 5 rings (SSSR count). The minimum absolute atomic E-state index is 0.0609. The highest BCUT2D eigenvalue weighted by atomic mass is 16.1. The number of rotatable bonds is 0. The third-order valence-corrected chi connectivity index (χ3v) is 6.35. The molecule has 1 spiro atoms. The molecule has 0 amide bonds. The molecule has 0 radical (unpaired) electrons. The Morgan fingerprint density at radius 2 is 2.05 bits per heavy atom. The number of Topliss-reactive ketones (excluding diaryl/α,β-unsaturated/α-hetero) is 1. The molecular formula is C21H20O. The topological polar surface area (TPSA) is 17.1 Å². The fraction of sp³-hybridized carbons (Fsp3) is 0.381. The molecule has 0 aromatic heterocycles. The third kappa shape index (κ3) is 1.52. The highest BCUT2D eigenvalue weighted by Crippen LogP contribution is 2.57. The Morgan fingerprint density at radius 1 is 1.14 bits per heavy atom. The van der Waals surface area contributed by atoms with Gasteiger partial charge in [-0.3, -0.25) is 4.79 Å². The van der Waals surface area contributed by atoms with E-state index in [0.717, 1.165) is 19.3 Å². The van der Waals surface area contributed by atoms with Crippen LogP contribution in [0.25, 0.3) is 10.8 Å². The minimum atomic E-state index is -0.0609. The first-order chi connectivity index (χ1) is 10.7. The van der Waals surface area contributed by atoms with Gasteiger partial charge in [0.05, 0.1) is 0 Å². The summed E-state index contributed by atoms with van der Waals surface area (Å²) < 4.78 is 0. The highest BCUT2D eigenvalue weighted by Gasteiger charge is 2.53. The monoisotopic (exact) mass is 288 g/mol. The normalized spacial score (nSPS) is 29.2. The first kappa shape index (κ1) is 12.6. The second kappa shape index (κ2) is 4.10. The molecule has 0 saturated heterocycles. The fourth-order valence-electron chi connectivity index (χ4n) is 5.13. The van der Waals surface area contributed by atoms with Gasteiger partial charge in [0.25, 0.3) is 0 Å². The molecule has 0 heterocycles. The molecule has 2 unspecified atom stereocenters. The van der Waals surface area contributed by atoms with E-state index in [1.807, 2.05) is 0 Å². The molecule has 3 aliphatic carbocycles. The number of fused-ring (bicyclic) bond motifs is 5. The van der Waals surface area contributed by atoms with E-state index in [4.69, 9.17) is 0 Å². The van der Waals surface area contributed by atoms with Crippen LogP contribution < -0.4 is 0 Å². The summed E-state index contributed by atoms with van der Waals surface area (Å²) in [5.41, 5.74) is 5.48. The van der Waals surface area contributed by atoms with E-state index >= 15 is 0 Å². The Kier molecular flexibility index (Phi) is 2.35. The maximum atomic E-state index is 13.0. The Morgan fingerprint density at radius 3 is 2.82 bits per heavy atom. The number of hydrogen-bond acceptors (Lipinski definition) is 1. The van der Waals surface area contributed by atoms with Crippen LogP contribution in [0, 0.1) is 18.3 Å². The number of hydrogen-bond donors (Lipinski definition) is 0.